The minimum atomic E-state index is -0.327. The molecule has 0 aliphatic heterocycles. The van der Waals surface area contributed by atoms with E-state index in [0.29, 0.717) is 17.7 Å². The highest BCUT2D eigenvalue weighted by atomic mass is 16.5. The van der Waals surface area contributed by atoms with Crippen molar-refractivity contribution in [3.63, 3.8) is 0 Å². The summed E-state index contributed by atoms with van der Waals surface area (Å²) in [5.41, 5.74) is 6.07. The smallest absolute Gasteiger partial charge is 0.337 e. The average Bonchev–Trinajstić information content (AvgIpc) is 3.05. The lowest BCUT2D eigenvalue weighted by atomic mass is 9.91. The molecular weight excluding hydrogens is 518 g/mol. The quantitative estimate of drug-likeness (QED) is 0.108. The predicted molar refractivity (Wildman–Crippen MR) is 169 cm³/mol. The summed E-state index contributed by atoms with van der Waals surface area (Å²) in [6, 6.07) is 36.5. The fourth-order valence-electron chi connectivity index (χ4n) is 4.99. The Hall–Kier alpha value is -4.62. The topological polar surface area (TPSA) is 59.3 Å². The van der Waals surface area contributed by atoms with Gasteiger partial charge in [-0.2, -0.15) is 5.26 Å². The van der Waals surface area contributed by atoms with Gasteiger partial charge in [0.05, 0.1) is 30.9 Å². The number of aryl methyl sites for hydroxylation is 2. The van der Waals surface area contributed by atoms with Crippen molar-refractivity contribution in [1.82, 2.24) is 0 Å². The van der Waals surface area contributed by atoms with E-state index in [-0.39, 0.29) is 11.9 Å². The van der Waals surface area contributed by atoms with Crippen LogP contribution in [-0.2, 0) is 24.0 Å². The van der Waals surface area contributed by atoms with Crippen LogP contribution in [0.3, 0.4) is 0 Å². The molecule has 4 rings (SSSR count). The monoisotopic (exact) mass is 557 g/mol. The Labute approximate surface area is 250 Å². The van der Waals surface area contributed by atoms with Crippen molar-refractivity contribution in [2.45, 2.75) is 44.9 Å². The summed E-state index contributed by atoms with van der Waals surface area (Å²) in [6.45, 7) is 0.703. The molecule has 0 aliphatic carbocycles. The summed E-state index contributed by atoms with van der Waals surface area (Å²) in [5, 5.41) is 9.12. The zero-order valence-corrected chi connectivity index (χ0v) is 24.4. The SMILES string of the molecule is COC(=O)c1ccc(CC(C=Cc2ccccc2OCCCCCc2ccccc2)CCc2ccc(C#N)cc2)cc1. The zero-order valence-electron chi connectivity index (χ0n) is 24.4. The van der Waals surface area contributed by atoms with Gasteiger partial charge in [-0.3, -0.25) is 0 Å². The third-order valence-electron chi connectivity index (χ3n) is 7.44. The molecule has 0 aromatic heterocycles. The van der Waals surface area contributed by atoms with Crippen molar-refractivity contribution in [3.05, 3.63) is 143 Å². The first-order valence-electron chi connectivity index (χ1n) is 14.7. The van der Waals surface area contributed by atoms with Gasteiger partial charge in [0.15, 0.2) is 0 Å². The zero-order chi connectivity index (χ0) is 29.4. The van der Waals surface area contributed by atoms with Crippen LogP contribution in [0.2, 0.25) is 0 Å². The second-order valence-electron chi connectivity index (χ2n) is 10.5. The molecule has 214 valence electrons. The first-order valence-corrected chi connectivity index (χ1v) is 14.7. The number of rotatable bonds is 15. The lowest BCUT2D eigenvalue weighted by molar-refractivity contribution is 0.0600. The summed E-state index contributed by atoms with van der Waals surface area (Å²) >= 11 is 0. The highest BCUT2D eigenvalue weighted by Gasteiger charge is 2.11. The molecule has 0 saturated heterocycles. The number of nitriles is 1. The van der Waals surface area contributed by atoms with Crippen LogP contribution in [0.4, 0.5) is 0 Å². The summed E-state index contributed by atoms with van der Waals surface area (Å²) in [6.07, 6.45) is 11.6. The molecule has 0 heterocycles. The summed E-state index contributed by atoms with van der Waals surface area (Å²) < 4.78 is 11.1. The number of hydrogen-bond donors (Lipinski definition) is 0. The minimum absolute atomic E-state index is 0.274. The molecule has 0 spiro atoms. The van der Waals surface area contributed by atoms with Gasteiger partial charge >= 0.3 is 5.97 Å². The second kappa shape index (κ2) is 16.6. The largest absolute Gasteiger partial charge is 0.493 e. The number of allylic oxidation sites excluding steroid dienone is 1. The Morgan fingerprint density at radius 1 is 0.786 bits per heavy atom. The first kappa shape index (κ1) is 30.3. The third kappa shape index (κ3) is 9.78. The summed E-state index contributed by atoms with van der Waals surface area (Å²) in [4.78, 5) is 11.9. The normalized spacial score (nSPS) is 11.6. The Kier molecular flexibility index (Phi) is 12.0. The van der Waals surface area contributed by atoms with Crippen LogP contribution >= 0.6 is 0 Å². The van der Waals surface area contributed by atoms with Crippen LogP contribution in [0.25, 0.3) is 6.08 Å². The van der Waals surface area contributed by atoms with E-state index in [1.807, 2.05) is 66.7 Å². The van der Waals surface area contributed by atoms with Crippen molar-refractivity contribution in [1.29, 1.82) is 5.26 Å². The molecule has 0 bridgehead atoms. The van der Waals surface area contributed by atoms with Gasteiger partial charge in [-0.1, -0.05) is 84.9 Å². The van der Waals surface area contributed by atoms with E-state index in [2.05, 4.69) is 54.6 Å². The van der Waals surface area contributed by atoms with E-state index in [1.165, 1.54) is 18.2 Å². The molecular formula is C38H39NO3. The number of methoxy groups -OCH3 is 1. The Bertz CT molecular complexity index is 1450. The molecule has 0 fully saturated rings. The van der Waals surface area contributed by atoms with E-state index in [4.69, 9.17) is 14.7 Å². The van der Waals surface area contributed by atoms with Gasteiger partial charge in [0, 0.05) is 5.56 Å². The van der Waals surface area contributed by atoms with Gasteiger partial charge in [-0.15, -0.1) is 0 Å². The van der Waals surface area contributed by atoms with Gasteiger partial charge in [0.1, 0.15) is 5.75 Å². The Balaban J connectivity index is 1.38. The van der Waals surface area contributed by atoms with Crippen molar-refractivity contribution >= 4 is 12.0 Å². The van der Waals surface area contributed by atoms with E-state index >= 15 is 0 Å². The van der Waals surface area contributed by atoms with Crippen LogP contribution in [-0.4, -0.2) is 19.7 Å². The van der Waals surface area contributed by atoms with Gasteiger partial charge in [0.2, 0.25) is 0 Å². The number of para-hydroxylation sites is 1. The summed E-state index contributed by atoms with van der Waals surface area (Å²) in [5.74, 6) is 0.854. The van der Waals surface area contributed by atoms with Crippen LogP contribution in [0, 0.1) is 17.2 Å². The number of carbonyl (C=O) groups excluding carboxylic acids is 1. The fourth-order valence-corrected chi connectivity index (χ4v) is 4.99. The van der Waals surface area contributed by atoms with E-state index in [0.717, 1.165) is 61.8 Å². The van der Waals surface area contributed by atoms with Gasteiger partial charge in [-0.25, -0.2) is 4.79 Å². The predicted octanol–water partition coefficient (Wildman–Crippen LogP) is 8.64. The van der Waals surface area contributed by atoms with Gasteiger partial charge < -0.3 is 9.47 Å². The molecule has 0 N–H and O–H groups in total. The number of nitrogens with zero attached hydrogens (tertiary/aromatic N) is 1. The lowest BCUT2D eigenvalue weighted by Crippen LogP contribution is -2.05. The maximum atomic E-state index is 11.9. The third-order valence-corrected chi connectivity index (χ3v) is 7.44. The molecule has 42 heavy (non-hydrogen) atoms. The van der Waals surface area contributed by atoms with Gasteiger partial charge in [0.25, 0.3) is 0 Å². The molecule has 4 aromatic carbocycles. The highest BCUT2D eigenvalue weighted by Crippen LogP contribution is 2.24. The number of hydrogen-bond acceptors (Lipinski definition) is 4. The molecule has 0 amide bonds. The van der Waals surface area contributed by atoms with Crippen LogP contribution in [0.15, 0.2) is 109 Å². The number of carbonyl (C=O) groups is 1. The summed E-state index contributed by atoms with van der Waals surface area (Å²) in [7, 11) is 1.40. The minimum Gasteiger partial charge on any atom is -0.493 e. The Morgan fingerprint density at radius 2 is 1.48 bits per heavy atom. The molecule has 4 heteroatoms. The Morgan fingerprint density at radius 3 is 2.21 bits per heavy atom. The first-order chi connectivity index (χ1) is 20.6. The highest BCUT2D eigenvalue weighted by molar-refractivity contribution is 5.89. The maximum absolute atomic E-state index is 11.9. The molecule has 0 radical (unpaired) electrons. The lowest BCUT2D eigenvalue weighted by Gasteiger charge is -2.15. The maximum Gasteiger partial charge on any atom is 0.337 e. The number of benzene rings is 4. The average molecular weight is 558 g/mol. The van der Waals surface area contributed by atoms with Crippen molar-refractivity contribution in [2.75, 3.05) is 13.7 Å². The van der Waals surface area contributed by atoms with Crippen molar-refractivity contribution in [3.8, 4) is 11.8 Å². The second-order valence-corrected chi connectivity index (χ2v) is 10.5. The van der Waals surface area contributed by atoms with E-state index in [9.17, 15) is 4.79 Å². The van der Waals surface area contributed by atoms with Gasteiger partial charge in [-0.05, 0) is 97.9 Å². The van der Waals surface area contributed by atoms with Crippen LogP contribution in [0.1, 0.15) is 63.9 Å². The standard InChI is InChI=1S/C38H39NO3/c1-41-38(40)36-25-22-33(23-26-36)28-32(18-15-31-16-19-34(29-39)20-17-31)21-24-35-13-7-8-14-37(35)42-27-9-3-6-12-30-10-4-2-5-11-30/h2,4-5,7-8,10-11,13-14,16-17,19-26,32H,3,6,9,12,15,18,27-28H2,1H3. The van der Waals surface area contributed by atoms with Crippen LogP contribution in [0.5, 0.6) is 5.75 Å². The molecule has 1 unspecified atom stereocenters. The van der Waals surface area contributed by atoms with E-state index < -0.39 is 0 Å². The van der Waals surface area contributed by atoms with Crippen molar-refractivity contribution in [2.24, 2.45) is 5.92 Å². The molecule has 1 atom stereocenters. The number of esters is 1. The van der Waals surface area contributed by atoms with E-state index in [1.54, 1.807) is 0 Å². The molecule has 0 saturated carbocycles. The molecule has 4 nitrogen and oxygen atoms in total. The fraction of sp³-hybridized carbons (Fsp3) is 0.263. The van der Waals surface area contributed by atoms with Crippen molar-refractivity contribution < 1.29 is 14.3 Å². The van der Waals surface area contributed by atoms with Crippen LogP contribution < -0.4 is 4.74 Å². The molecule has 0 aliphatic rings. The number of ether oxygens (including phenoxy) is 2. The molecule has 4 aromatic rings. The number of unbranched alkanes of at least 4 members (excludes halogenated alkanes) is 2.